The molecule has 29 heavy (non-hydrogen) atoms. The molecule has 1 aromatic heterocycles. The van der Waals surface area contributed by atoms with Crippen LogP contribution in [0, 0.1) is 29.9 Å². The molecule has 0 bridgehead atoms. The first-order valence-corrected chi connectivity index (χ1v) is 9.24. The van der Waals surface area contributed by atoms with Crippen molar-refractivity contribution < 1.29 is 8.78 Å². The van der Waals surface area contributed by atoms with Crippen molar-refractivity contribution in [2.45, 2.75) is 26.4 Å². The van der Waals surface area contributed by atoms with Crippen molar-refractivity contribution in [1.82, 2.24) is 14.9 Å². The lowest BCUT2D eigenvalue weighted by Crippen LogP contribution is -2.35. The Morgan fingerprint density at radius 1 is 1.21 bits per heavy atom. The molecule has 0 aliphatic carbocycles. The summed E-state index contributed by atoms with van der Waals surface area (Å²) in [5, 5.41) is 8.83. The van der Waals surface area contributed by atoms with E-state index in [4.69, 9.17) is 5.26 Å². The van der Waals surface area contributed by atoms with Gasteiger partial charge in [0, 0.05) is 36.3 Å². The molecule has 1 N–H and O–H groups in total. The Bertz CT molecular complexity index is 1160. The summed E-state index contributed by atoms with van der Waals surface area (Å²) in [5.41, 5.74) is 2.81. The smallest absolute Gasteiger partial charge is 0.254 e. The summed E-state index contributed by atoms with van der Waals surface area (Å²) >= 11 is 0. The number of halogens is 2. The van der Waals surface area contributed by atoms with Gasteiger partial charge in [0.15, 0.2) is 0 Å². The van der Waals surface area contributed by atoms with Gasteiger partial charge < -0.3 is 4.98 Å². The van der Waals surface area contributed by atoms with E-state index in [1.165, 1.54) is 0 Å². The first-order chi connectivity index (χ1) is 13.9. The topological polar surface area (TPSA) is 72.8 Å². The molecular formula is C22H18F2N4O. The average Bonchev–Trinajstić information content (AvgIpc) is 2.70. The molecule has 0 atom stereocenters. The van der Waals surface area contributed by atoms with Gasteiger partial charge in [-0.1, -0.05) is 29.8 Å². The standard InChI is InChI=1S/C22H18F2N4O/c1-13-2-4-15(5-3-13)21-26-20-12-28(7-6-16(20)22(29)27-21)11-17-18(23)8-14(10-25)9-19(17)24/h2-5,8-9H,6-7,11-12H2,1H3,(H,26,27,29). The summed E-state index contributed by atoms with van der Waals surface area (Å²) in [7, 11) is 0. The molecule has 0 unspecified atom stereocenters. The first-order valence-electron chi connectivity index (χ1n) is 9.24. The molecule has 5 nitrogen and oxygen atoms in total. The molecule has 0 saturated heterocycles. The van der Waals surface area contributed by atoms with Crippen LogP contribution in [0.15, 0.2) is 41.2 Å². The number of hydrogen-bond donors (Lipinski definition) is 1. The third kappa shape index (κ3) is 3.80. The number of hydrogen-bond acceptors (Lipinski definition) is 4. The van der Waals surface area contributed by atoms with Gasteiger partial charge in [-0.05, 0) is 25.5 Å². The van der Waals surface area contributed by atoms with Crippen LogP contribution in [0.1, 0.15) is 27.9 Å². The molecule has 0 spiro atoms. The zero-order chi connectivity index (χ0) is 20.5. The fourth-order valence-electron chi connectivity index (χ4n) is 3.52. The molecule has 0 fully saturated rings. The average molecular weight is 392 g/mol. The molecule has 2 aromatic carbocycles. The van der Waals surface area contributed by atoms with E-state index >= 15 is 0 Å². The summed E-state index contributed by atoms with van der Waals surface area (Å²) in [4.78, 5) is 21.8. The van der Waals surface area contributed by atoms with Gasteiger partial charge in [-0.2, -0.15) is 5.26 Å². The molecule has 146 valence electrons. The fourth-order valence-corrected chi connectivity index (χ4v) is 3.52. The van der Waals surface area contributed by atoms with Gasteiger partial charge >= 0.3 is 0 Å². The van der Waals surface area contributed by atoms with Crippen LogP contribution in [-0.2, 0) is 19.5 Å². The van der Waals surface area contributed by atoms with Crippen molar-refractivity contribution in [3.63, 3.8) is 0 Å². The first kappa shape index (κ1) is 19.0. The van der Waals surface area contributed by atoms with E-state index in [0.29, 0.717) is 36.6 Å². The van der Waals surface area contributed by atoms with Crippen LogP contribution in [0.2, 0.25) is 0 Å². The number of H-pyrrole nitrogens is 1. The lowest BCUT2D eigenvalue weighted by molar-refractivity contribution is 0.233. The fraction of sp³-hybridized carbons (Fsp3) is 0.227. The van der Waals surface area contributed by atoms with E-state index in [-0.39, 0.29) is 23.2 Å². The van der Waals surface area contributed by atoms with Gasteiger partial charge in [-0.15, -0.1) is 0 Å². The number of aromatic nitrogens is 2. The predicted molar refractivity (Wildman–Crippen MR) is 104 cm³/mol. The number of aromatic amines is 1. The van der Waals surface area contributed by atoms with Crippen LogP contribution in [0.5, 0.6) is 0 Å². The van der Waals surface area contributed by atoms with E-state index in [9.17, 15) is 13.6 Å². The van der Waals surface area contributed by atoms with Gasteiger partial charge in [0.25, 0.3) is 5.56 Å². The van der Waals surface area contributed by atoms with E-state index < -0.39 is 11.6 Å². The molecule has 1 aliphatic rings. The Balaban J connectivity index is 1.62. The van der Waals surface area contributed by atoms with Crippen LogP contribution in [0.25, 0.3) is 11.4 Å². The second kappa shape index (κ2) is 7.57. The maximum Gasteiger partial charge on any atom is 0.254 e. The third-order valence-corrected chi connectivity index (χ3v) is 5.13. The highest BCUT2D eigenvalue weighted by atomic mass is 19.1. The highest BCUT2D eigenvalue weighted by Gasteiger charge is 2.23. The molecule has 1 aliphatic heterocycles. The number of benzene rings is 2. The molecule has 3 aromatic rings. The largest absolute Gasteiger partial charge is 0.306 e. The Hall–Kier alpha value is -3.37. The number of aryl methyl sites for hydroxylation is 1. The Labute approximate surface area is 166 Å². The van der Waals surface area contributed by atoms with Gasteiger partial charge in [0.1, 0.15) is 17.5 Å². The quantitative estimate of drug-likeness (QED) is 0.741. The molecule has 4 rings (SSSR count). The zero-order valence-corrected chi connectivity index (χ0v) is 15.8. The number of nitrogens with zero attached hydrogens (tertiary/aromatic N) is 3. The minimum Gasteiger partial charge on any atom is -0.306 e. The molecule has 0 amide bonds. The van der Waals surface area contributed by atoms with Gasteiger partial charge in [0.05, 0.1) is 17.3 Å². The van der Waals surface area contributed by atoms with Crippen LogP contribution in [0.3, 0.4) is 0 Å². The predicted octanol–water partition coefficient (Wildman–Crippen LogP) is 3.45. The number of rotatable bonds is 3. The molecular weight excluding hydrogens is 374 g/mol. The molecule has 0 radical (unpaired) electrons. The number of nitrogens with one attached hydrogen (secondary N) is 1. The zero-order valence-electron chi connectivity index (χ0n) is 15.8. The van der Waals surface area contributed by atoms with Gasteiger partial charge in [0.2, 0.25) is 0 Å². The summed E-state index contributed by atoms with van der Waals surface area (Å²) < 4.78 is 28.5. The minimum atomic E-state index is -0.744. The summed E-state index contributed by atoms with van der Waals surface area (Å²) in [6.07, 6.45) is 0.450. The summed E-state index contributed by atoms with van der Waals surface area (Å²) in [6.45, 7) is 2.82. The van der Waals surface area contributed by atoms with Crippen LogP contribution in [0.4, 0.5) is 8.78 Å². The SMILES string of the molecule is Cc1ccc(-c2nc3c(c(=O)[nH]2)CCN(Cc2c(F)cc(C#N)cc2F)C3)cc1. The second-order valence-corrected chi connectivity index (χ2v) is 7.20. The number of fused-ring (bicyclic) bond motifs is 1. The summed E-state index contributed by atoms with van der Waals surface area (Å²) in [5.74, 6) is -1.01. The monoisotopic (exact) mass is 392 g/mol. The Morgan fingerprint density at radius 3 is 2.55 bits per heavy atom. The highest BCUT2D eigenvalue weighted by molar-refractivity contribution is 5.55. The van der Waals surface area contributed by atoms with Crippen LogP contribution >= 0.6 is 0 Å². The van der Waals surface area contributed by atoms with Crippen LogP contribution in [-0.4, -0.2) is 21.4 Å². The Morgan fingerprint density at radius 2 is 1.90 bits per heavy atom. The minimum absolute atomic E-state index is 0.0388. The van der Waals surface area contributed by atoms with Crippen LogP contribution < -0.4 is 5.56 Å². The van der Waals surface area contributed by atoms with E-state index in [1.807, 2.05) is 36.1 Å². The third-order valence-electron chi connectivity index (χ3n) is 5.13. The van der Waals surface area contributed by atoms with Crippen molar-refractivity contribution in [2.75, 3.05) is 6.54 Å². The highest BCUT2D eigenvalue weighted by Crippen LogP contribution is 2.23. The number of nitriles is 1. The van der Waals surface area contributed by atoms with Crippen molar-refractivity contribution in [3.8, 4) is 17.5 Å². The van der Waals surface area contributed by atoms with Crippen molar-refractivity contribution in [2.24, 2.45) is 0 Å². The van der Waals surface area contributed by atoms with Crippen molar-refractivity contribution in [1.29, 1.82) is 5.26 Å². The summed E-state index contributed by atoms with van der Waals surface area (Å²) in [6, 6.07) is 11.5. The molecule has 0 saturated carbocycles. The molecule has 7 heteroatoms. The van der Waals surface area contributed by atoms with Gasteiger partial charge in [-0.3, -0.25) is 9.69 Å². The second-order valence-electron chi connectivity index (χ2n) is 7.20. The van der Waals surface area contributed by atoms with Crippen molar-refractivity contribution in [3.05, 3.63) is 86.3 Å². The maximum atomic E-state index is 14.2. The van der Waals surface area contributed by atoms with E-state index in [0.717, 1.165) is 23.3 Å². The molecule has 2 heterocycles. The maximum absolute atomic E-state index is 14.2. The van der Waals surface area contributed by atoms with E-state index in [2.05, 4.69) is 9.97 Å². The van der Waals surface area contributed by atoms with Gasteiger partial charge in [-0.25, -0.2) is 13.8 Å². The lowest BCUT2D eigenvalue weighted by Gasteiger charge is -2.28. The van der Waals surface area contributed by atoms with E-state index in [1.54, 1.807) is 6.07 Å². The normalized spacial score (nSPS) is 13.7. The lowest BCUT2D eigenvalue weighted by atomic mass is 10.0. The Kier molecular flexibility index (Phi) is 4.95. The van der Waals surface area contributed by atoms with Crippen molar-refractivity contribution >= 4 is 0 Å².